The van der Waals surface area contributed by atoms with Gasteiger partial charge in [-0.1, -0.05) is 6.58 Å². The smallest absolute Gasteiger partial charge is 0.349 e. The van der Waals surface area contributed by atoms with Crippen molar-refractivity contribution in [3.05, 3.63) is 52.6 Å². The van der Waals surface area contributed by atoms with Gasteiger partial charge in [0.1, 0.15) is 16.9 Å². The molecule has 2 aromatic rings. The molecule has 5 N–H and O–H groups in total. The third-order valence-electron chi connectivity index (χ3n) is 4.81. The summed E-state index contributed by atoms with van der Waals surface area (Å²) >= 11 is 0. The Morgan fingerprint density at radius 3 is 2.15 bits per heavy atom. The fourth-order valence-corrected chi connectivity index (χ4v) is 2.68. The molecule has 0 atom stereocenters. The van der Waals surface area contributed by atoms with Crippen LogP contribution in [0.2, 0.25) is 0 Å². The number of rotatable bonds is 18. The van der Waals surface area contributed by atoms with Crippen LogP contribution in [0, 0.1) is 0 Å². The van der Waals surface area contributed by atoms with Crippen LogP contribution >= 0.6 is 0 Å². The second-order valence-corrected chi connectivity index (χ2v) is 8.25. The fourth-order valence-electron chi connectivity index (χ4n) is 2.68. The number of carbonyl (C=O) groups excluding carboxylic acids is 1. The Labute approximate surface area is 229 Å². The van der Waals surface area contributed by atoms with Gasteiger partial charge in [-0.25, -0.2) is 9.59 Å². The number of nitrogens with two attached hydrogens (primary N) is 1. The zero-order chi connectivity index (χ0) is 30.0. The molecule has 0 fully saturated rings. The zero-order valence-electron chi connectivity index (χ0n) is 22.3. The maximum atomic E-state index is 12.3. The van der Waals surface area contributed by atoms with Gasteiger partial charge in [0.25, 0.3) is 11.8 Å². The summed E-state index contributed by atoms with van der Waals surface area (Å²) < 4.78 is 49.3. The van der Waals surface area contributed by atoms with Crippen molar-refractivity contribution in [1.82, 2.24) is 5.32 Å². The van der Waals surface area contributed by atoms with Crippen LogP contribution in [0.1, 0.15) is 30.1 Å². The highest BCUT2D eigenvalue weighted by atomic mass is 19.3. The van der Waals surface area contributed by atoms with Crippen LogP contribution in [0.3, 0.4) is 0 Å². The van der Waals surface area contributed by atoms with Gasteiger partial charge in [0.2, 0.25) is 0 Å². The van der Waals surface area contributed by atoms with Gasteiger partial charge in [0, 0.05) is 38.1 Å². The molecule has 0 bridgehead atoms. The second kappa shape index (κ2) is 18.7. The van der Waals surface area contributed by atoms with Crippen molar-refractivity contribution in [1.29, 1.82) is 0 Å². The molecule has 1 aromatic carbocycles. The third kappa shape index (κ3) is 14.5. The number of aliphatic hydroxyl groups excluding tert-OH is 1. The van der Waals surface area contributed by atoms with Crippen LogP contribution in [0.25, 0.3) is 11.0 Å². The number of halogens is 2. The summed E-state index contributed by atoms with van der Waals surface area (Å²) in [5.74, 6) is -5.66. The molecule has 12 nitrogen and oxygen atoms in total. The number of ether oxygens (including phenoxy) is 4. The number of amides is 1. The quantitative estimate of drug-likeness (QED) is 0.117. The van der Waals surface area contributed by atoms with Gasteiger partial charge in [-0.3, -0.25) is 4.79 Å². The molecule has 0 aliphatic rings. The van der Waals surface area contributed by atoms with Crippen molar-refractivity contribution in [3.8, 4) is 5.75 Å². The number of aliphatic carboxylic acids is 1. The number of aliphatic hydroxyl groups is 1. The van der Waals surface area contributed by atoms with Crippen molar-refractivity contribution >= 4 is 22.8 Å². The molecule has 40 heavy (non-hydrogen) atoms. The molecule has 14 heteroatoms. The maximum absolute atomic E-state index is 12.3. The lowest BCUT2D eigenvalue weighted by Gasteiger charge is -2.08. The van der Waals surface area contributed by atoms with E-state index >= 15 is 0 Å². The van der Waals surface area contributed by atoms with Gasteiger partial charge in [-0.2, -0.15) is 8.78 Å². The normalized spacial score (nSPS) is 11.0. The highest BCUT2D eigenvalue weighted by Crippen LogP contribution is 2.20. The summed E-state index contributed by atoms with van der Waals surface area (Å²) in [5.41, 5.74) is 4.64. The SMILES string of the molecule is C=C(O)C(C)(F)F.NCCCOCCOCCOCCCNC(=O)c1cc2ccc(OCC(=O)O)cc2oc1=O. The van der Waals surface area contributed by atoms with E-state index in [0.717, 1.165) is 6.42 Å². The lowest BCUT2D eigenvalue weighted by Crippen LogP contribution is -2.29. The average Bonchev–Trinajstić information content (AvgIpc) is 2.89. The Hall–Kier alpha value is -3.59. The molecule has 1 heterocycles. The van der Waals surface area contributed by atoms with Crippen molar-refractivity contribution in [2.75, 3.05) is 59.3 Å². The minimum Gasteiger partial charge on any atom is -0.507 e. The van der Waals surface area contributed by atoms with E-state index in [2.05, 4.69) is 11.9 Å². The minimum atomic E-state index is -3.14. The van der Waals surface area contributed by atoms with E-state index in [9.17, 15) is 23.2 Å². The molecular weight excluding hydrogens is 538 g/mol. The van der Waals surface area contributed by atoms with Crippen LogP contribution in [0.4, 0.5) is 8.78 Å². The molecular formula is C26H36F2N2O10. The van der Waals surface area contributed by atoms with Gasteiger partial charge < -0.3 is 44.6 Å². The predicted octanol–water partition coefficient (Wildman–Crippen LogP) is 2.49. The van der Waals surface area contributed by atoms with Crippen molar-refractivity contribution in [2.24, 2.45) is 5.73 Å². The number of benzene rings is 1. The monoisotopic (exact) mass is 574 g/mol. The minimum absolute atomic E-state index is 0.121. The number of carboxylic acid groups (broad SMARTS) is 1. The van der Waals surface area contributed by atoms with Crippen molar-refractivity contribution in [3.63, 3.8) is 0 Å². The molecule has 1 aromatic heterocycles. The third-order valence-corrected chi connectivity index (χ3v) is 4.81. The number of alkyl halides is 2. The van der Waals surface area contributed by atoms with Gasteiger partial charge >= 0.3 is 11.6 Å². The summed E-state index contributed by atoms with van der Waals surface area (Å²) in [6.45, 7) is 6.60. The van der Waals surface area contributed by atoms with E-state index in [1.165, 1.54) is 18.2 Å². The molecule has 1 amide bonds. The number of allylic oxidation sites excluding steroid dienone is 1. The second-order valence-electron chi connectivity index (χ2n) is 8.25. The average molecular weight is 575 g/mol. The Morgan fingerprint density at radius 2 is 1.60 bits per heavy atom. The summed E-state index contributed by atoms with van der Waals surface area (Å²) in [6.07, 6.45) is 1.40. The van der Waals surface area contributed by atoms with E-state index in [1.807, 2.05) is 0 Å². The van der Waals surface area contributed by atoms with E-state index < -0.39 is 35.8 Å². The molecule has 0 saturated heterocycles. The van der Waals surface area contributed by atoms with Crippen LogP contribution in [-0.2, 0) is 19.0 Å². The summed E-state index contributed by atoms with van der Waals surface area (Å²) in [5, 5.41) is 19.8. The molecule has 0 aliphatic carbocycles. The summed E-state index contributed by atoms with van der Waals surface area (Å²) in [7, 11) is 0. The Bertz CT molecular complexity index is 1130. The van der Waals surface area contributed by atoms with Crippen LogP contribution < -0.4 is 21.4 Å². The molecule has 0 unspecified atom stereocenters. The highest BCUT2D eigenvalue weighted by Gasteiger charge is 2.24. The first-order valence-corrected chi connectivity index (χ1v) is 12.4. The molecule has 0 radical (unpaired) electrons. The van der Waals surface area contributed by atoms with Crippen molar-refractivity contribution < 1.29 is 51.9 Å². The Kier molecular flexibility index (Phi) is 16.1. The van der Waals surface area contributed by atoms with E-state index in [0.29, 0.717) is 71.5 Å². The standard InChI is InChI=1S/C22H30N2O9.C4H6F2O/c23-5-1-7-29-9-11-31-12-10-30-8-2-6-24-21(27)18-13-16-3-4-17(32-15-20(25)26)14-19(16)33-22(18)28;1-3(7)4(2,5)6/h3-4,13-14H,1-2,5-12,15,23H2,(H,24,27)(H,25,26);7H,1H2,2H3. The lowest BCUT2D eigenvalue weighted by molar-refractivity contribution is -0.139. The van der Waals surface area contributed by atoms with Gasteiger partial charge in [-0.05, 0) is 37.6 Å². The highest BCUT2D eigenvalue weighted by molar-refractivity contribution is 5.96. The zero-order valence-corrected chi connectivity index (χ0v) is 22.3. The Morgan fingerprint density at radius 1 is 1.02 bits per heavy atom. The van der Waals surface area contributed by atoms with Gasteiger partial charge in [0.15, 0.2) is 12.4 Å². The molecule has 0 aliphatic heterocycles. The Balaban J connectivity index is 0.00000101. The number of nitrogens with one attached hydrogen (secondary N) is 1. The summed E-state index contributed by atoms with van der Waals surface area (Å²) in [4.78, 5) is 35.1. The van der Waals surface area contributed by atoms with Gasteiger partial charge in [-0.15, -0.1) is 0 Å². The first-order valence-electron chi connectivity index (χ1n) is 12.4. The van der Waals surface area contributed by atoms with Crippen LogP contribution in [-0.4, -0.2) is 87.3 Å². The topological polar surface area (TPSA) is 180 Å². The first-order chi connectivity index (χ1) is 19.0. The first kappa shape index (κ1) is 34.4. The van der Waals surface area contributed by atoms with Crippen molar-refractivity contribution in [2.45, 2.75) is 25.7 Å². The van der Waals surface area contributed by atoms with E-state index in [-0.39, 0.29) is 16.9 Å². The maximum Gasteiger partial charge on any atom is 0.349 e. The largest absolute Gasteiger partial charge is 0.507 e. The molecule has 2 rings (SSSR count). The lowest BCUT2D eigenvalue weighted by atomic mass is 10.1. The number of hydrogen-bond donors (Lipinski definition) is 4. The predicted molar refractivity (Wildman–Crippen MR) is 141 cm³/mol. The number of hydrogen-bond acceptors (Lipinski definition) is 10. The van der Waals surface area contributed by atoms with E-state index in [1.54, 1.807) is 6.07 Å². The fraction of sp³-hybridized carbons (Fsp3) is 0.500. The number of carboxylic acids is 1. The molecule has 0 spiro atoms. The van der Waals surface area contributed by atoms with Crippen LogP contribution in [0.15, 0.2) is 45.8 Å². The molecule has 0 saturated carbocycles. The molecule has 224 valence electrons. The summed E-state index contributed by atoms with van der Waals surface area (Å²) in [6, 6.07) is 5.93. The van der Waals surface area contributed by atoms with E-state index in [4.69, 9.17) is 39.3 Å². The van der Waals surface area contributed by atoms with Crippen LogP contribution in [0.5, 0.6) is 5.75 Å². The number of fused-ring (bicyclic) bond motifs is 1. The number of carbonyl (C=O) groups is 2. The van der Waals surface area contributed by atoms with Gasteiger partial charge in [0.05, 0.1) is 26.4 Å².